The van der Waals surface area contributed by atoms with Gasteiger partial charge in [-0.25, -0.2) is 4.98 Å². The first kappa shape index (κ1) is 17.1. The second-order valence-corrected chi connectivity index (χ2v) is 6.95. The van der Waals surface area contributed by atoms with Crippen LogP contribution < -0.4 is 5.32 Å². The van der Waals surface area contributed by atoms with Crippen LogP contribution in [0.5, 0.6) is 0 Å². The maximum atomic E-state index is 12.1. The Hall–Kier alpha value is -2.72. The van der Waals surface area contributed by atoms with Gasteiger partial charge in [-0.3, -0.25) is 10.1 Å². The molecule has 0 bridgehead atoms. The predicted octanol–water partition coefficient (Wildman–Crippen LogP) is 5.39. The average molecular weight is 348 g/mol. The van der Waals surface area contributed by atoms with Gasteiger partial charge in [0.15, 0.2) is 5.13 Å². The lowest BCUT2D eigenvalue weighted by atomic mass is 10.0. The first-order chi connectivity index (χ1) is 12.0. The number of nitrogens with zero attached hydrogens (tertiary/aromatic N) is 1. The predicted molar refractivity (Wildman–Crippen MR) is 106 cm³/mol. The second-order valence-electron chi connectivity index (χ2n) is 6.09. The number of aryl methyl sites for hydroxylation is 3. The van der Waals surface area contributed by atoms with Crippen LogP contribution in [-0.2, 0) is 4.79 Å². The number of anilines is 1. The highest BCUT2D eigenvalue weighted by Gasteiger charge is 2.08. The van der Waals surface area contributed by atoms with Gasteiger partial charge in [0.2, 0.25) is 5.91 Å². The molecule has 0 unspecified atom stereocenters. The molecular formula is C21H20N2OS. The summed E-state index contributed by atoms with van der Waals surface area (Å²) in [5, 5.41) is 5.41. The van der Waals surface area contributed by atoms with Gasteiger partial charge in [0.25, 0.3) is 0 Å². The Morgan fingerprint density at radius 3 is 2.52 bits per heavy atom. The van der Waals surface area contributed by atoms with Gasteiger partial charge in [-0.15, -0.1) is 11.3 Å². The van der Waals surface area contributed by atoms with E-state index < -0.39 is 0 Å². The number of rotatable bonds is 4. The van der Waals surface area contributed by atoms with E-state index in [1.165, 1.54) is 34.1 Å². The molecule has 4 heteroatoms. The van der Waals surface area contributed by atoms with Crippen LogP contribution in [-0.4, -0.2) is 10.9 Å². The normalized spacial score (nSPS) is 11.0. The van der Waals surface area contributed by atoms with Gasteiger partial charge in [0.1, 0.15) is 0 Å². The van der Waals surface area contributed by atoms with E-state index in [0.29, 0.717) is 5.13 Å². The van der Waals surface area contributed by atoms with Crippen molar-refractivity contribution >= 4 is 28.5 Å². The number of benzene rings is 2. The Labute approximate surface area is 152 Å². The van der Waals surface area contributed by atoms with Crippen LogP contribution in [0, 0.1) is 20.8 Å². The van der Waals surface area contributed by atoms with Crippen LogP contribution in [0.2, 0.25) is 0 Å². The minimum atomic E-state index is -0.178. The lowest BCUT2D eigenvalue weighted by Crippen LogP contribution is -2.07. The van der Waals surface area contributed by atoms with Crippen molar-refractivity contribution in [3.63, 3.8) is 0 Å². The summed E-state index contributed by atoms with van der Waals surface area (Å²) in [6.45, 7) is 6.17. The van der Waals surface area contributed by atoms with Crippen LogP contribution in [0.15, 0.2) is 53.9 Å². The zero-order valence-corrected chi connectivity index (χ0v) is 15.4. The Morgan fingerprint density at radius 1 is 1.04 bits per heavy atom. The summed E-state index contributed by atoms with van der Waals surface area (Å²) >= 11 is 1.43. The molecule has 0 radical (unpaired) electrons. The third-order valence-corrected chi connectivity index (χ3v) is 4.67. The molecule has 0 atom stereocenters. The van der Waals surface area contributed by atoms with Crippen molar-refractivity contribution in [2.45, 2.75) is 20.8 Å². The standard InChI is InChI=1S/C21H20N2OS/c1-14-5-8-17(9-6-14)10-11-20(24)23-21-22-19(13-25-21)18-12-15(2)4-7-16(18)3/h4-13H,1-3H3,(H,22,23,24). The molecular weight excluding hydrogens is 328 g/mol. The maximum absolute atomic E-state index is 12.1. The zero-order valence-electron chi connectivity index (χ0n) is 14.5. The first-order valence-electron chi connectivity index (χ1n) is 8.10. The maximum Gasteiger partial charge on any atom is 0.250 e. The summed E-state index contributed by atoms with van der Waals surface area (Å²) in [5.41, 5.74) is 6.56. The van der Waals surface area contributed by atoms with Gasteiger partial charge >= 0.3 is 0 Å². The summed E-state index contributed by atoms with van der Waals surface area (Å²) < 4.78 is 0. The van der Waals surface area contributed by atoms with E-state index in [2.05, 4.69) is 42.3 Å². The fraction of sp³-hybridized carbons (Fsp3) is 0.143. The Morgan fingerprint density at radius 2 is 1.76 bits per heavy atom. The highest BCUT2D eigenvalue weighted by atomic mass is 32.1. The summed E-state index contributed by atoms with van der Waals surface area (Å²) in [7, 11) is 0. The SMILES string of the molecule is Cc1ccc(C=CC(=O)Nc2nc(-c3cc(C)ccc3C)cs2)cc1. The number of carbonyl (C=O) groups excluding carboxylic acids is 1. The molecule has 1 heterocycles. The fourth-order valence-electron chi connectivity index (χ4n) is 2.46. The molecule has 0 aliphatic carbocycles. The summed E-state index contributed by atoms with van der Waals surface area (Å²) in [6.07, 6.45) is 3.33. The monoisotopic (exact) mass is 348 g/mol. The van der Waals surface area contributed by atoms with Crippen molar-refractivity contribution in [1.82, 2.24) is 4.98 Å². The molecule has 3 aromatic rings. The van der Waals surface area contributed by atoms with Crippen LogP contribution in [0.3, 0.4) is 0 Å². The van der Waals surface area contributed by atoms with Gasteiger partial charge in [-0.1, -0.05) is 47.5 Å². The molecule has 25 heavy (non-hydrogen) atoms. The molecule has 3 nitrogen and oxygen atoms in total. The number of hydrogen-bond donors (Lipinski definition) is 1. The molecule has 0 saturated carbocycles. The minimum Gasteiger partial charge on any atom is -0.298 e. The highest BCUT2D eigenvalue weighted by molar-refractivity contribution is 7.14. The largest absolute Gasteiger partial charge is 0.298 e. The van der Waals surface area contributed by atoms with E-state index in [9.17, 15) is 4.79 Å². The number of thiazole rings is 1. The number of nitrogens with one attached hydrogen (secondary N) is 1. The second kappa shape index (κ2) is 7.45. The smallest absolute Gasteiger partial charge is 0.250 e. The quantitative estimate of drug-likeness (QED) is 0.643. The van der Waals surface area contributed by atoms with E-state index in [0.717, 1.165) is 16.8 Å². The Bertz CT molecular complexity index is 923. The van der Waals surface area contributed by atoms with E-state index in [1.807, 2.05) is 36.6 Å². The van der Waals surface area contributed by atoms with Gasteiger partial charge in [0.05, 0.1) is 5.69 Å². The molecule has 0 aliphatic heterocycles. The number of amides is 1. The van der Waals surface area contributed by atoms with Crippen LogP contribution >= 0.6 is 11.3 Å². The molecule has 1 aromatic heterocycles. The molecule has 1 amide bonds. The summed E-state index contributed by atoms with van der Waals surface area (Å²) in [6, 6.07) is 14.3. The van der Waals surface area contributed by atoms with Crippen LogP contribution in [0.4, 0.5) is 5.13 Å². The third-order valence-electron chi connectivity index (χ3n) is 3.91. The van der Waals surface area contributed by atoms with Crippen molar-refractivity contribution < 1.29 is 4.79 Å². The van der Waals surface area contributed by atoms with E-state index in [1.54, 1.807) is 6.08 Å². The van der Waals surface area contributed by atoms with E-state index >= 15 is 0 Å². The molecule has 0 aliphatic rings. The van der Waals surface area contributed by atoms with Crippen molar-refractivity contribution in [1.29, 1.82) is 0 Å². The van der Waals surface area contributed by atoms with E-state index in [-0.39, 0.29) is 5.91 Å². The third kappa shape index (κ3) is 4.43. The topological polar surface area (TPSA) is 42.0 Å². The number of aromatic nitrogens is 1. The van der Waals surface area contributed by atoms with Crippen molar-refractivity contribution in [2.24, 2.45) is 0 Å². The first-order valence-corrected chi connectivity index (χ1v) is 8.98. The average Bonchev–Trinajstić information content (AvgIpc) is 3.05. The van der Waals surface area contributed by atoms with Gasteiger partial charge < -0.3 is 0 Å². The zero-order chi connectivity index (χ0) is 17.8. The molecule has 2 aromatic carbocycles. The van der Waals surface area contributed by atoms with Crippen molar-refractivity contribution in [2.75, 3.05) is 5.32 Å². The van der Waals surface area contributed by atoms with Gasteiger partial charge in [-0.2, -0.15) is 0 Å². The van der Waals surface area contributed by atoms with Gasteiger partial charge in [0, 0.05) is 17.0 Å². The lowest BCUT2D eigenvalue weighted by Gasteiger charge is -2.03. The summed E-state index contributed by atoms with van der Waals surface area (Å²) in [5.74, 6) is -0.178. The number of hydrogen-bond acceptors (Lipinski definition) is 3. The van der Waals surface area contributed by atoms with Crippen LogP contribution in [0.25, 0.3) is 17.3 Å². The van der Waals surface area contributed by atoms with Crippen molar-refractivity contribution in [3.8, 4) is 11.3 Å². The molecule has 126 valence electrons. The lowest BCUT2D eigenvalue weighted by molar-refractivity contribution is -0.111. The van der Waals surface area contributed by atoms with E-state index in [4.69, 9.17) is 0 Å². The minimum absolute atomic E-state index is 0.178. The van der Waals surface area contributed by atoms with Crippen LogP contribution in [0.1, 0.15) is 22.3 Å². The Kier molecular flexibility index (Phi) is 5.10. The Balaban J connectivity index is 1.69. The highest BCUT2D eigenvalue weighted by Crippen LogP contribution is 2.28. The fourth-order valence-corrected chi connectivity index (χ4v) is 3.18. The molecule has 3 rings (SSSR count). The molecule has 0 spiro atoms. The number of carbonyl (C=O) groups is 1. The van der Waals surface area contributed by atoms with Crippen molar-refractivity contribution in [3.05, 3.63) is 76.2 Å². The molecule has 0 fully saturated rings. The summed E-state index contributed by atoms with van der Waals surface area (Å²) in [4.78, 5) is 16.6. The molecule has 0 saturated heterocycles. The molecule has 1 N–H and O–H groups in total. The van der Waals surface area contributed by atoms with Gasteiger partial charge in [-0.05, 0) is 44.0 Å².